The summed E-state index contributed by atoms with van der Waals surface area (Å²) < 4.78 is 0. The van der Waals surface area contributed by atoms with Gasteiger partial charge >= 0.3 is 0 Å². The number of hydrogen-bond acceptors (Lipinski definition) is 3. The summed E-state index contributed by atoms with van der Waals surface area (Å²) in [5.41, 5.74) is 9.26. The largest absolute Gasteiger partial charge is 0.356 e. The molecule has 0 radical (unpaired) electrons. The van der Waals surface area contributed by atoms with Gasteiger partial charge in [-0.05, 0) is 155 Å². The van der Waals surface area contributed by atoms with Crippen molar-refractivity contribution in [3.05, 3.63) is 22.6 Å². The average Bonchev–Trinajstić information content (AvgIpc) is 3.49. The first-order chi connectivity index (χ1) is 25.2. The van der Waals surface area contributed by atoms with Crippen LogP contribution >= 0.6 is 0 Å². The van der Waals surface area contributed by atoms with Crippen LogP contribution in [0.5, 0.6) is 0 Å². The molecule has 4 saturated carbocycles. The van der Waals surface area contributed by atoms with Gasteiger partial charge in [0.15, 0.2) is 0 Å². The van der Waals surface area contributed by atoms with Crippen LogP contribution in [0, 0.1) is 46.3 Å². The molecular weight excluding hydrogens is 643 g/mol. The van der Waals surface area contributed by atoms with Gasteiger partial charge in [0.2, 0.25) is 11.8 Å². The van der Waals surface area contributed by atoms with Crippen LogP contribution < -0.4 is 10.6 Å². The van der Waals surface area contributed by atoms with Crippen molar-refractivity contribution in [2.45, 2.75) is 201 Å². The molecule has 0 aromatic heterocycles. The molecule has 0 heterocycles. The van der Waals surface area contributed by atoms with Crippen LogP contribution in [0.2, 0.25) is 0 Å². The number of allylic oxidation sites excluding steroid dienone is 2. The zero-order chi connectivity index (χ0) is 37.2. The summed E-state index contributed by atoms with van der Waals surface area (Å²) in [5, 5.41) is 10.1. The lowest BCUT2D eigenvalue weighted by Crippen LogP contribution is -2.55. The van der Waals surface area contributed by atoms with E-state index in [1.54, 1.807) is 0 Å². The average molecular weight is 722 g/mol. The number of hydrogen-bond donors (Lipinski definition) is 2. The predicted octanol–water partition coefficient (Wildman–Crippen LogP) is 12.4. The highest BCUT2D eigenvalue weighted by molar-refractivity contribution is 5.76. The van der Waals surface area contributed by atoms with Gasteiger partial charge in [0, 0.05) is 36.9 Å². The topological polar surface area (TPSA) is 107 Å². The molecule has 0 saturated heterocycles. The molecule has 0 spiro atoms. The van der Waals surface area contributed by atoms with Gasteiger partial charge in [0.05, 0.1) is 0 Å². The number of rotatable bonds is 24. The summed E-state index contributed by atoms with van der Waals surface area (Å²) in [5.74, 6) is 4.98. The zero-order valence-electron chi connectivity index (χ0n) is 34.2. The van der Waals surface area contributed by atoms with Crippen LogP contribution in [0.4, 0.5) is 0 Å². The molecule has 7 nitrogen and oxygen atoms in total. The molecule has 4 unspecified atom stereocenters. The van der Waals surface area contributed by atoms with Crippen molar-refractivity contribution < 1.29 is 9.59 Å². The summed E-state index contributed by atoms with van der Waals surface area (Å²) >= 11 is 0. The first-order valence-corrected chi connectivity index (χ1v) is 22.4. The molecule has 4 aliphatic rings. The highest BCUT2D eigenvalue weighted by Crippen LogP contribution is 2.68. The third-order valence-corrected chi connectivity index (χ3v) is 15.1. The summed E-state index contributed by atoms with van der Waals surface area (Å²) in [6.45, 7) is 11.0. The number of carbonyl (C=O) groups excluding carboxylic acids is 2. The Morgan fingerprint density at radius 3 is 2.19 bits per heavy atom. The molecule has 2 amide bonds. The minimum atomic E-state index is 0.136. The van der Waals surface area contributed by atoms with Crippen LogP contribution in [-0.2, 0) is 9.59 Å². The Kier molecular flexibility index (Phi) is 18.4. The van der Waals surface area contributed by atoms with Crippen molar-refractivity contribution in [3.63, 3.8) is 0 Å². The second-order valence-corrected chi connectivity index (χ2v) is 18.4. The Hall–Kier alpha value is -2.01. The Balaban J connectivity index is 1.10. The summed E-state index contributed by atoms with van der Waals surface area (Å²) in [7, 11) is 0. The molecule has 0 aromatic carbocycles. The molecule has 4 rings (SSSR count). The van der Waals surface area contributed by atoms with E-state index >= 15 is 0 Å². The van der Waals surface area contributed by atoms with Crippen molar-refractivity contribution in [3.8, 4) is 0 Å². The quantitative estimate of drug-likeness (QED) is 0.0340. The minimum Gasteiger partial charge on any atom is -0.356 e. The molecule has 4 aliphatic carbocycles. The lowest BCUT2D eigenvalue weighted by molar-refractivity contribution is -0.128. The second kappa shape index (κ2) is 22.4. The first kappa shape index (κ1) is 42.7. The second-order valence-electron chi connectivity index (χ2n) is 18.4. The maximum atomic E-state index is 13.0. The number of azide groups is 1. The molecule has 7 heteroatoms. The zero-order valence-corrected chi connectivity index (χ0v) is 34.2. The fraction of sp³-hybridized carbons (Fsp3) is 0.911. The maximum absolute atomic E-state index is 13.0. The minimum absolute atomic E-state index is 0.136. The smallest absolute Gasteiger partial charge is 0.220 e. The SMILES string of the molecule is CCCCCCCC/C=C\CCCCCCCC(=O)N[C@H]1CC[C@@]2(C)C(CCC3C2CC[C@@]2(C)C3CC[C@@H]2[C@H](C)CCC(=O)NCCCN=[N+]=[N-])C1. The molecule has 4 fully saturated rings. The van der Waals surface area contributed by atoms with Crippen LogP contribution in [0.25, 0.3) is 10.4 Å². The van der Waals surface area contributed by atoms with E-state index in [0.717, 1.165) is 48.9 Å². The number of fused-ring (bicyclic) bond motifs is 5. The van der Waals surface area contributed by atoms with E-state index in [1.165, 1.54) is 128 Å². The van der Waals surface area contributed by atoms with Gasteiger partial charge in [-0.3, -0.25) is 9.59 Å². The van der Waals surface area contributed by atoms with E-state index in [0.29, 0.717) is 61.0 Å². The molecule has 0 aromatic rings. The Labute approximate surface area is 319 Å². The van der Waals surface area contributed by atoms with Crippen molar-refractivity contribution in [1.29, 1.82) is 0 Å². The normalized spacial score (nSPS) is 31.6. The van der Waals surface area contributed by atoms with Crippen LogP contribution in [-0.4, -0.2) is 30.9 Å². The third kappa shape index (κ3) is 12.3. The number of amides is 2. The van der Waals surface area contributed by atoms with Crippen LogP contribution in [0.3, 0.4) is 0 Å². The Bertz CT molecular complexity index is 1150. The van der Waals surface area contributed by atoms with Gasteiger partial charge in [-0.15, -0.1) is 0 Å². The van der Waals surface area contributed by atoms with E-state index in [2.05, 4.69) is 60.5 Å². The van der Waals surface area contributed by atoms with Gasteiger partial charge in [0.25, 0.3) is 0 Å². The number of carbonyl (C=O) groups is 2. The summed E-state index contributed by atoms with van der Waals surface area (Å²) in [6.07, 6.45) is 36.3. The van der Waals surface area contributed by atoms with Gasteiger partial charge in [-0.25, -0.2) is 0 Å². The molecule has 0 aliphatic heterocycles. The fourth-order valence-electron chi connectivity index (χ4n) is 12.1. The van der Waals surface area contributed by atoms with Crippen LogP contribution in [0.1, 0.15) is 195 Å². The standard InChI is InChI=1S/C45H79N5O2/c1-5-6-7-8-9-10-11-12-13-14-15-16-17-18-19-21-43(52)49-37-28-30-44(3)36(34-37)23-24-38-40-26-25-39(45(40,4)31-29-41(38)44)35(2)22-27-42(51)47-32-20-33-48-50-46/h12-13,35-41H,5-11,14-34H2,1-4H3,(H,47,51)(H,49,52)/b13-12-/t35-,36?,37+,38?,39-,40?,41?,44+,45-/m1/s1. The lowest BCUT2D eigenvalue weighted by atomic mass is 9.44. The van der Waals surface area contributed by atoms with Gasteiger partial charge in [-0.2, -0.15) is 0 Å². The summed E-state index contributed by atoms with van der Waals surface area (Å²) in [6, 6.07) is 0.374. The van der Waals surface area contributed by atoms with Crippen LogP contribution in [0.15, 0.2) is 17.3 Å². The lowest BCUT2D eigenvalue weighted by Gasteiger charge is -2.61. The highest BCUT2D eigenvalue weighted by Gasteiger charge is 2.60. The summed E-state index contributed by atoms with van der Waals surface area (Å²) in [4.78, 5) is 28.3. The maximum Gasteiger partial charge on any atom is 0.220 e. The molecule has 2 N–H and O–H groups in total. The van der Waals surface area contributed by atoms with E-state index in [-0.39, 0.29) is 5.91 Å². The van der Waals surface area contributed by atoms with Crippen molar-refractivity contribution in [2.24, 2.45) is 51.5 Å². The van der Waals surface area contributed by atoms with Gasteiger partial charge in [0.1, 0.15) is 0 Å². The Morgan fingerprint density at radius 1 is 0.788 bits per heavy atom. The van der Waals surface area contributed by atoms with E-state index in [4.69, 9.17) is 5.53 Å². The number of unbranched alkanes of at least 4 members (excludes halogenated alkanes) is 11. The number of nitrogens with zero attached hydrogens (tertiary/aromatic N) is 3. The van der Waals surface area contributed by atoms with Gasteiger partial charge in [-0.1, -0.05) is 96.3 Å². The monoisotopic (exact) mass is 722 g/mol. The van der Waals surface area contributed by atoms with E-state index in [1.807, 2.05) is 0 Å². The predicted molar refractivity (Wildman–Crippen MR) is 217 cm³/mol. The van der Waals surface area contributed by atoms with Crippen molar-refractivity contribution >= 4 is 11.8 Å². The highest BCUT2D eigenvalue weighted by atomic mass is 16.2. The Morgan fingerprint density at radius 2 is 1.46 bits per heavy atom. The number of nitrogens with one attached hydrogen (secondary N) is 2. The van der Waals surface area contributed by atoms with Crippen molar-refractivity contribution in [2.75, 3.05) is 13.1 Å². The van der Waals surface area contributed by atoms with E-state index in [9.17, 15) is 9.59 Å². The van der Waals surface area contributed by atoms with E-state index < -0.39 is 0 Å². The molecular formula is C45H79N5O2. The first-order valence-electron chi connectivity index (χ1n) is 22.4. The fourth-order valence-corrected chi connectivity index (χ4v) is 12.1. The molecule has 0 bridgehead atoms. The van der Waals surface area contributed by atoms with Gasteiger partial charge < -0.3 is 10.6 Å². The molecule has 296 valence electrons. The molecule has 52 heavy (non-hydrogen) atoms. The molecule has 9 atom stereocenters. The van der Waals surface area contributed by atoms with Crippen molar-refractivity contribution in [1.82, 2.24) is 10.6 Å². The third-order valence-electron chi connectivity index (χ3n) is 15.1.